The first kappa shape index (κ1) is 9.01. The predicted molar refractivity (Wildman–Crippen MR) is 62.3 cm³/mol. The van der Waals surface area contributed by atoms with Crippen LogP contribution >= 0.6 is 0 Å². The Kier molecular flexibility index (Phi) is 1.87. The Hall–Kier alpha value is -1.25. The molecule has 2 aliphatic rings. The molecular weight excluding hydrogens is 186 g/mol. The van der Waals surface area contributed by atoms with Crippen molar-refractivity contribution in [3.8, 4) is 0 Å². The Labute approximate surface area is 90.3 Å². The van der Waals surface area contributed by atoms with Crippen LogP contribution in [0.2, 0.25) is 0 Å². The molecule has 2 N–H and O–H groups in total. The minimum absolute atomic E-state index is 0.286. The third-order valence-corrected chi connectivity index (χ3v) is 3.71. The van der Waals surface area contributed by atoms with Crippen molar-refractivity contribution >= 4 is 11.5 Å². The molecular formula is C12H17N3. The Morgan fingerprint density at radius 2 is 2.13 bits per heavy atom. The van der Waals surface area contributed by atoms with Crippen LogP contribution in [0, 0.1) is 6.92 Å². The van der Waals surface area contributed by atoms with Crippen LogP contribution in [-0.4, -0.2) is 17.1 Å². The lowest BCUT2D eigenvalue weighted by atomic mass is 9.95. The van der Waals surface area contributed by atoms with Gasteiger partial charge in [-0.2, -0.15) is 0 Å². The number of aromatic nitrogens is 1. The number of fused-ring (bicyclic) bond motifs is 1. The van der Waals surface area contributed by atoms with Gasteiger partial charge in [0.15, 0.2) is 0 Å². The van der Waals surface area contributed by atoms with Crippen LogP contribution in [0.1, 0.15) is 31.2 Å². The smallest absolute Gasteiger partial charge is 0.150 e. The van der Waals surface area contributed by atoms with Crippen LogP contribution in [0.3, 0.4) is 0 Å². The van der Waals surface area contributed by atoms with Crippen LogP contribution in [0.25, 0.3) is 0 Å². The van der Waals surface area contributed by atoms with Crippen LogP contribution in [0.5, 0.6) is 0 Å². The highest BCUT2D eigenvalue weighted by molar-refractivity contribution is 5.71. The normalized spacial score (nSPS) is 21.9. The number of hydrogen-bond acceptors (Lipinski definition) is 3. The standard InChI is InChI=1S/C12H17N3/c1-9-4-7-13-11-10(9)14-8-12(15-11)5-2-3-6-12/h4,7,14H,2-3,5-6,8H2,1H3,(H,13,15). The number of nitrogens with one attached hydrogen (secondary N) is 2. The Morgan fingerprint density at radius 3 is 2.93 bits per heavy atom. The third kappa shape index (κ3) is 1.37. The highest BCUT2D eigenvalue weighted by atomic mass is 15.2. The molecule has 1 spiro atoms. The zero-order valence-corrected chi connectivity index (χ0v) is 9.14. The first-order valence-electron chi connectivity index (χ1n) is 5.77. The van der Waals surface area contributed by atoms with E-state index in [0.717, 1.165) is 12.4 Å². The fourth-order valence-electron chi connectivity index (χ4n) is 2.78. The van der Waals surface area contributed by atoms with E-state index in [2.05, 4.69) is 28.6 Å². The summed E-state index contributed by atoms with van der Waals surface area (Å²) in [4.78, 5) is 4.43. The maximum Gasteiger partial charge on any atom is 0.150 e. The van der Waals surface area contributed by atoms with Gasteiger partial charge in [-0.3, -0.25) is 0 Å². The molecule has 1 saturated carbocycles. The van der Waals surface area contributed by atoms with Gasteiger partial charge in [0.1, 0.15) is 5.82 Å². The van der Waals surface area contributed by atoms with Gasteiger partial charge in [0, 0.05) is 12.7 Å². The summed E-state index contributed by atoms with van der Waals surface area (Å²) in [5, 5.41) is 7.18. The number of hydrogen-bond donors (Lipinski definition) is 2. The molecule has 0 aromatic carbocycles. The molecule has 3 rings (SSSR count). The Morgan fingerprint density at radius 1 is 1.33 bits per heavy atom. The minimum Gasteiger partial charge on any atom is -0.379 e. The second-order valence-corrected chi connectivity index (χ2v) is 4.82. The SMILES string of the molecule is Cc1ccnc2c1NCC1(CCCC1)N2. The Bertz CT molecular complexity index is 380. The van der Waals surface area contributed by atoms with Gasteiger partial charge in [-0.25, -0.2) is 4.98 Å². The molecule has 0 unspecified atom stereocenters. The van der Waals surface area contributed by atoms with Crippen LogP contribution in [-0.2, 0) is 0 Å². The van der Waals surface area contributed by atoms with E-state index in [4.69, 9.17) is 0 Å². The zero-order valence-electron chi connectivity index (χ0n) is 9.14. The van der Waals surface area contributed by atoms with Gasteiger partial charge in [-0.1, -0.05) is 12.8 Å². The molecule has 0 radical (unpaired) electrons. The zero-order chi connectivity index (χ0) is 10.3. The molecule has 3 nitrogen and oxygen atoms in total. The van der Waals surface area contributed by atoms with Crippen molar-refractivity contribution in [1.82, 2.24) is 4.98 Å². The van der Waals surface area contributed by atoms with Gasteiger partial charge in [0.2, 0.25) is 0 Å². The highest BCUT2D eigenvalue weighted by Crippen LogP contribution is 2.39. The second kappa shape index (κ2) is 3.12. The van der Waals surface area contributed by atoms with Gasteiger partial charge in [-0.15, -0.1) is 0 Å². The fourth-order valence-corrected chi connectivity index (χ4v) is 2.78. The molecule has 0 amide bonds. The topological polar surface area (TPSA) is 37.0 Å². The van der Waals surface area contributed by atoms with E-state index in [-0.39, 0.29) is 5.54 Å². The number of aryl methyl sites for hydroxylation is 1. The first-order chi connectivity index (χ1) is 7.29. The largest absolute Gasteiger partial charge is 0.379 e. The van der Waals surface area contributed by atoms with Gasteiger partial charge in [0.25, 0.3) is 0 Å². The molecule has 0 bridgehead atoms. The van der Waals surface area contributed by atoms with Crippen molar-refractivity contribution < 1.29 is 0 Å². The fraction of sp³-hybridized carbons (Fsp3) is 0.583. The van der Waals surface area contributed by atoms with Crippen molar-refractivity contribution in [3.05, 3.63) is 17.8 Å². The summed E-state index contributed by atoms with van der Waals surface area (Å²) in [5.74, 6) is 1.04. The molecule has 1 aliphatic heterocycles. The molecule has 15 heavy (non-hydrogen) atoms. The molecule has 0 saturated heterocycles. The molecule has 0 atom stereocenters. The number of anilines is 2. The first-order valence-corrected chi connectivity index (χ1v) is 5.77. The number of nitrogens with zero attached hydrogens (tertiary/aromatic N) is 1. The summed E-state index contributed by atoms with van der Waals surface area (Å²) in [7, 11) is 0. The number of pyridine rings is 1. The third-order valence-electron chi connectivity index (χ3n) is 3.71. The summed E-state index contributed by atoms with van der Waals surface area (Å²) in [6.07, 6.45) is 7.12. The van der Waals surface area contributed by atoms with E-state index < -0.39 is 0 Å². The Balaban J connectivity index is 1.96. The van der Waals surface area contributed by atoms with E-state index in [1.807, 2.05) is 6.20 Å². The molecule has 2 heterocycles. The van der Waals surface area contributed by atoms with E-state index in [0.29, 0.717) is 0 Å². The van der Waals surface area contributed by atoms with Crippen molar-refractivity contribution in [2.75, 3.05) is 17.2 Å². The lowest BCUT2D eigenvalue weighted by Crippen LogP contribution is -2.45. The van der Waals surface area contributed by atoms with E-state index in [1.54, 1.807) is 0 Å². The average molecular weight is 203 g/mol. The van der Waals surface area contributed by atoms with Crippen molar-refractivity contribution in [1.29, 1.82) is 0 Å². The summed E-state index contributed by atoms with van der Waals surface area (Å²) < 4.78 is 0. The van der Waals surface area contributed by atoms with E-state index in [9.17, 15) is 0 Å². The molecule has 1 aliphatic carbocycles. The van der Waals surface area contributed by atoms with Gasteiger partial charge < -0.3 is 10.6 Å². The molecule has 3 heteroatoms. The van der Waals surface area contributed by atoms with Crippen LogP contribution in [0.4, 0.5) is 11.5 Å². The van der Waals surface area contributed by atoms with Gasteiger partial charge in [0.05, 0.1) is 11.2 Å². The van der Waals surface area contributed by atoms with Gasteiger partial charge in [-0.05, 0) is 31.4 Å². The van der Waals surface area contributed by atoms with Crippen molar-refractivity contribution in [2.45, 2.75) is 38.1 Å². The molecule has 1 fully saturated rings. The summed E-state index contributed by atoms with van der Waals surface area (Å²) in [6, 6.07) is 2.06. The van der Waals surface area contributed by atoms with E-state index in [1.165, 1.54) is 36.9 Å². The van der Waals surface area contributed by atoms with Crippen LogP contribution < -0.4 is 10.6 Å². The maximum absolute atomic E-state index is 4.43. The monoisotopic (exact) mass is 203 g/mol. The summed E-state index contributed by atoms with van der Waals surface area (Å²) >= 11 is 0. The molecule has 1 aromatic rings. The van der Waals surface area contributed by atoms with Crippen molar-refractivity contribution in [3.63, 3.8) is 0 Å². The quantitative estimate of drug-likeness (QED) is 0.680. The van der Waals surface area contributed by atoms with Crippen molar-refractivity contribution in [2.24, 2.45) is 0 Å². The maximum atomic E-state index is 4.43. The lowest BCUT2D eigenvalue weighted by Gasteiger charge is -2.37. The van der Waals surface area contributed by atoms with Gasteiger partial charge >= 0.3 is 0 Å². The average Bonchev–Trinajstić information content (AvgIpc) is 2.66. The molecule has 1 aromatic heterocycles. The lowest BCUT2D eigenvalue weighted by molar-refractivity contribution is 0.497. The number of rotatable bonds is 0. The summed E-state index contributed by atoms with van der Waals surface area (Å²) in [5.41, 5.74) is 2.75. The molecule has 80 valence electrons. The second-order valence-electron chi connectivity index (χ2n) is 4.82. The highest BCUT2D eigenvalue weighted by Gasteiger charge is 2.37. The summed E-state index contributed by atoms with van der Waals surface area (Å²) in [6.45, 7) is 3.17. The van der Waals surface area contributed by atoms with E-state index >= 15 is 0 Å². The minimum atomic E-state index is 0.286. The predicted octanol–water partition coefficient (Wildman–Crippen LogP) is 2.54. The van der Waals surface area contributed by atoms with Crippen LogP contribution in [0.15, 0.2) is 12.3 Å².